The molecule has 0 unspecified atom stereocenters. The van der Waals surface area contributed by atoms with E-state index in [1.54, 1.807) is 13.1 Å². The van der Waals surface area contributed by atoms with E-state index in [1.165, 1.54) is 0 Å². The average molecular weight is 210 g/mol. The van der Waals surface area contributed by atoms with Crippen LogP contribution in [0.2, 0.25) is 0 Å². The van der Waals surface area contributed by atoms with Gasteiger partial charge in [0.1, 0.15) is 0 Å². The molecule has 0 aliphatic heterocycles. The Labute approximate surface area is 90.3 Å². The van der Waals surface area contributed by atoms with Crippen LogP contribution in [0.25, 0.3) is 0 Å². The molecule has 0 radical (unpaired) electrons. The predicted molar refractivity (Wildman–Crippen MR) is 60.2 cm³/mol. The number of nitrogens with one attached hydrogen (secondary N) is 1. The first-order chi connectivity index (χ1) is 7.09. The smallest absolute Gasteiger partial charge is 0.237 e. The zero-order chi connectivity index (χ0) is 11.3. The van der Waals surface area contributed by atoms with Gasteiger partial charge < -0.3 is 15.2 Å². The van der Waals surface area contributed by atoms with Gasteiger partial charge in [-0.25, -0.2) is 4.98 Å². The van der Waals surface area contributed by atoms with Crippen molar-refractivity contribution in [1.82, 2.24) is 4.98 Å². The van der Waals surface area contributed by atoms with Crippen molar-refractivity contribution in [3.8, 4) is 5.88 Å². The maximum Gasteiger partial charge on any atom is 0.237 e. The molecule has 0 amide bonds. The van der Waals surface area contributed by atoms with E-state index >= 15 is 0 Å². The number of aliphatic hydroxyl groups is 1. The first kappa shape index (κ1) is 11.8. The summed E-state index contributed by atoms with van der Waals surface area (Å²) in [5.74, 6) is 0.577. The van der Waals surface area contributed by atoms with Crippen LogP contribution >= 0.6 is 0 Å². The minimum Gasteiger partial charge on any atom is -0.473 e. The highest BCUT2D eigenvalue weighted by molar-refractivity contribution is 5.52. The van der Waals surface area contributed by atoms with Crippen molar-refractivity contribution in [1.29, 1.82) is 0 Å². The van der Waals surface area contributed by atoms with Crippen molar-refractivity contribution in [2.75, 3.05) is 11.9 Å². The van der Waals surface area contributed by atoms with Gasteiger partial charge in [0, 0.05) is 12.7 Å². The Bertz CT molecular complexity index is 300. The number of nitrogens with zero attached hydrogens (tertiary/aromatic N) is 1. The minimum absolute atomic E-state index is 0.0898. The van der Waals surface area contributed by atoms with Crippen LogP contribution in [0, 0.1) is 0 Å². The molecule has 1 rings (SSSR count). The number of aliphatic hydroxyl groups excluding tert-OH is 1. The molecule has 4 nitrogen and oxygen atoms in total. The van der Waals surface area contributed by atoms with Gasteiger partial charge in [-0.2, -0.15) is 0 Å². The molecule has 0 saturated carbocycles. The third kappa shape index (κ3) is 4.16. The molecule has 0 spiro atoms. The van der Waals surface area contributed by atoms with E-state index in [1.807, 2.05) is 26.0 Å². The van der Waals surface area contributed by atoms with Crippen LogP contribution in [-0.4, -0.2) is 28.8 Å². The van der Waals surface area contributed by atoms with Crippen molar-refractivity contribution in [3.05, 3.63) is 18.3 Å². The molecule has 0 fully saturated rings. The van der Waals surface area contributed by atoms with Crippen molar-refractivity contribution in [2.45, 2.75) is 33.0 Å². The van der Waals surface area contributed by atoms with Crippen LogP contribution in [0.1, 0.15) is 20.8 Å². The van der Waals surface area contributed by atoms with E-state index in [4.69, 9.17) is 9.84 Å². The molecule has 0 bridgehead atoms. The molecular formula is C11H18N2O2. The van der Waals surface area contributed by atoms with Crippen LogP contribution in [0.5, 0.6) is 5.88 Å². The molecule has 0 saturated heterocycles. The van der Waals surface area contributed by atoms with Crippen molar-refractivity contribution in [2.24, 2.45) is 0 Å². The van der Waals surface area contributed by atoms with Gasteiger partial charge in [0.05, 0.1) is 17.9 Å². The summed E-state index contributed by atoms with van der Waals surface area (Å²) in [4.78, 5) is 4.13. The standard InChI is InChI=1S/C11H18N2O2/c1-8(2)15-11-10(5-4-6-12-11)13-7-9(3)14/h4-6,8-9,13-14H,7H2,1-3H3/t9-/m0/s1. The van der Waals surface area contributed by atoms with Gasteiger partial charge >= 0.3 is 0 Å². The molecule has 1 heterocycles. The lowest BCUT2D eigenvalue weighted by molar-refractivity contribution is 0.207. The molecule has 0 aliphatic carbocycles. The van der Waals surface area contributed by atoms with Gasteiger partial charge in [0.2, 0.25) is 5.88 Å². The molecule has 1 aromatic heterocycles. The topological polar surface area (TPSA) is 54.4 Å². The number of rotatable bonds is 5. The molecule has 4 heteroatoms. The molecule has 2 N–H and O–H groups in total. The third-order valence-corrected chi connectivity index (χ3v) is 1.71. The Morgan fingerprint density at radius 3 is 2.80 bits per heavy atom. The van der Waals surface area contributed by atoms with Gasteiger partial charge in [-0.1, -0.05) is 0 Å². The summed E-state index contributed by atoms with van der Waals surface area (Å²) in [5, 5.41) is 12.2. The highest BCUT2D eigenvalue weighted by atomic mass is 16.5. The fraction of sp³-hybridized carbons (Fsp3) is 0.545. The van der Waals surface area contributed by atoms with Crippen molar-refractivity contribution >= 4 is 5.69 Å². The molecule has 15 heavy (non-hydrogen) atoms. The second-order valence-electron chi connectivity index (χ2n) is 3.75. The van der Waals surface area contributed by atoms with Gasteiger partial charge in [0.25, 0.3) is 0 Å². The number of pyridine rings is 1. The zero-order valence-electron chi connectivity index (χ0n) is 9.40. The quantitative estimate of drug-likeness (QED) is 0.776. The van der Waals surface area contributed by atoms with Crippen LogP contribution < -0.4 is 10.1 Å². The fourth-order valence-electron chi connectivity index (χ4n) is 1.10. The average Bonchev–Trinajstić information content (AvgIpc) is 2.15. The lowest BCUT2D eigenvalue weighted by Crippen LogP contribution is -2.17. The summed E-state index contributed by atoms with van der Waals surface area (Å²) in [6, 6.07) is 3.71. The highest BCUT2D eigenvalue weighted by Crippen LogP contribution is 2.21. The monoisotopic (exact) mass is 210 g/mol. The van der Waals surface area contributed by atoms with Gasteiger partial charge in [-0.05, 0) is 32.9 Å². The summed E-state index contributed by atoms with van der Waals surface area (Å²) in [5.41, 5.74) is 0.812. The van der Waals surface area contributed by atoms with Crippen LogP contribution in [-0.2, 0) is 0 Å². The van der Waals surface area contributed by atoms with E-state index in [0.29, 0.717) is 12.4 Å². The Hall–Kier alpha value is -1.29. The molecule has 84 valence electrons. The first-order valence-electron chi connectivity index (χ1n) is 5.13. The number of hydrogen-bond acceptors (Lipinski definition) is 4. The van der Waals surface area contributed by atoms with E-state index in [9.17, 15) is 0 Å². The molecule has 0 aromatic carbocycles. The third-order valence-electron chi connectivity index (χ3n) is 1.71. The Morgan fingerprint density at radius 2 is 2.20 bits per heavy atom. The summed E-state index contributed by atoms with van der Waals surface area (Å²) < 4.78 is 5.52. The summed E-state index contributed by atoms with van der Waals surface area (Å²) in [7, 11) is 0. The number of hydrogen-bond donors (Lipinski definition) is 2. The Morgan fingerprint density at radius 1 is 1.47 bits per heavy atom. The number of anilines is 1. The summed E-state index contributed by atoms with van der Waals surface area (Å²) >= 11 is 0. The molecule has 1 atom stereocenters. The van der Waals surface area contributed by atoms with Gasteiger partial charge in [0.15, 0.2) is 0 Å². The van der Waals surface area contributed by atoms with Crippen LogP contribution in [0.15, 0.2) is 18.3 Å². The van der Waals surface area contributed by atoms with Crippen LogP contribution in [0.3, 0.4) is 0 Å². The second-order valence-corrected chi connectivity index (χ2v) is 3.75. The van der Waals surface area contributed by atoms with E-state index in [0.717, 1.165) is 5.69 Å². The summed E-state index contributed by atoms with van der Waals surface area (Å²) in [6.45, 7) is 6.12. The SMILES string of the molecule is CC(C)Oc1ncccc1NC[C@H](C)O. The van der Waals surface area contributed by atoms with Crippen molar-refractivity contribution < 1.29 is 9.84 Å². The lowest BCUT2D eigenvalue weighted by atomic mass is 10.3. The van der Waals surface area contributed by atoms with Gasteiger partial charge in [-0.3, -0.25) is 0 Å². The minimum atomic E-state index is -0.392. The summed E-state index contributed by atoms with van der Waals surface area (Å²) in [6.07, 6.45) is 1.38. The van der Waals surface area contributed by atoms with E-state index < -0.39 is 6.10 Å². The normalized spacial score (nSPS) is 12.6. The van der Waals surface area contributed by atoms with Crippen molar-refractivity contribution in [3.63, 3.8) is 0 Å². The first-order valence-corrected chi connectivity index (χ1v) is 5.13. The van der Waals surface area contributed by atoms with E-state index in [-0.39, 0.29) is 6.10 Å². The molecular weight excluding hydrogens is 192 g/mol. The maximum absolute atomic E-state index is 9.16. The number of ether oxygens (including phenoxy) is 1. The Balaban J connectivity index is 2.68. The molecule has 0 aliphatic rings. The van der Waals surface area contributed by atoms with Gasteiger partial charge in [-0.15, -0.1) is 0 Å². The maximum atomic E-state index is 9.16. The zero-order valence-corrected chi connectivity index (χ0v) is 9.40. The second kappa shape index (κ2) is 5.56. The van der Waals surface area contributed by atoms with Crippen LogP contribution in [0.4, 0.5) is 5.69 Å². The Kier molecular flexibility index (Phi) is 4.37. The number of aromatic nitrogens is 1. The highest BCUT2D eigenvalue weighted by Gasteiger charge is 2.06. The molecule has 1 aromatic rings. The van der Waals surface area contributed by atoms with E-state index in [2.05, 4.69) is 10.3 Å². The predicted octanol–water partition coefficient (Wildman–Crippen LogP) is 1.66. The fourth-order valence-corrected chi connectivity index (χ4v) is 1.10. The largest absolute Gasteiger partial charge is 0.473 e. The lowest BCUT2D eigenvalue weighted by Gasteiger charge is -2.14.